The third kappa shape index (κ3) is 36.4. The minimum absolute atomic E-state index is 0.0318. The molecule has 90 heavy (non-hydrogen) atoms. The topological polar surface area (TPSA) is 329 Å². The van der Waals surface area contributed by atoms with Gasteiger partial charge in [-0.1, -0.05) is 48.5 Å². The summed E-state index contributed by atoms with van der Waals surface area (Å²) in [4.78, 5) is 107. The first kappa shape index (κ1) is 76.0. The van der Waals surface area contributed by atoms with Crippen molar-refractivity contribution >= 4 is 47.4 Å². The number of hydrogen-bond donors (Lipinski definition) is 8. The van der Waals surface area contributed by atoms with Gasteiger partial charge in [-0.3, -0.25) is 53.2 Å². The molecule has 0 aromatic heterocycles. The highest BCUT2D eigenvalue weighted by Gasteiger charge is 2.29. The smallest absolute Gasteiger partial charge is 0.407 e. The molecule has 2 aromatic rings. The van der Waals surface area contributed by atoms with E-state index in [2.05, 4.69) is 66.8 Å². The van der Waals surface area contributed by atoms with E-state index in [-0.39, 0.29) is 159 Å². The van der Waals surface area contributed by atoms with E-state index in [4.69, 9.17) is 42.6 Å². The molecule has 29 nitrogen and oxygen atoms in total. The zero-order chi connectivity index (χ0) is 64.7. The lowest BCUT2D eigenvalue weighted by Crippen LogP contribution is -2.51. The zero-order valence-electron chi connectivity index (χ0n) is 53.1. The minimum atomic E-state index is -0.522. The fourth-order valence-corrected chi connectivity index (χ4v) is 9.36. The summed E-state index contributed by atoms with van der Waals surface area (Å²) in [5.41, 5.74) is 4.58. The Balaban J connectivity index is 1.26. The molecule has 1 aliphatic carbocycles. The second kappa shape index (κ2) is 48.3. The predicted molar refractivity (Wildman–Crippen MR) is 333 cm³/mol. The molecule has 0 radical (unpaired) electrons. The van der Waals surface area contributed by atoms with Crippen LogP contribution < -0.4 is 42.5 Å². The Morgan fingerprint density at radius 3 is 0.822 bits per heavy atom. The number of ether oxygens (including phenoxy) is 9. The summed E-state index contributed by atoms with van der Waals surface area (Å²) in [6, 6.07) is 16.3. The maximum atomic E-state index is 13.5. The van der Waals surface area contributed by atoms with Crippen molar-refractivity contribution in [1.82, 2.24) is 62.1 Å². The van der Waals surface area contributed by atoms with Crippen molar-refractivity contribution in [3.05, 3.63) is 59.7 Å². The zero-order valence-corrected chi connectivity index (χ0v) is 53.1. The SMILES string of the molecule is CC(=O)NCCOCCOCCNC(=O)CN1CCN(CC(=O)NCCOCCOCCNC(C)=O)CCN(CC(=O)NCCOCCOCCNC(=O)OCC2c3ccccc3-c3ccccc32)CCN(CC(=O)NCCOCCOCCNC(C)=O)CC1. The molecule has 2 aliphatic rings. The van der Waals surface area contributed by atoms with Gasteiger partial charge < -0.3 is 85.2 Å². The lowest BCUT2D eigenvalue weighted by Gasteiger charge is -2.33. The highest BCUT2D eigenvalue weighted by Crippen LogP contribution is 2.44. The molecular weight excluding hydrogens is 1170 g/mol. The molecule has 506 valence electrons. The standard InChI is InChI=1S/C61H100N12O17/c1-49(74)62-12-28-82-36-39-85-31-15-65-57(77)44-70-20-22-71(45-58(78)66-16-32-86-40-37-83-29-13-63-50(2)75)24-26-73(27-25-72(23-21-70)46-59(79)67-17-33-87-41-38-84-30-14-64-51(3)76)47-60(80)68-18-34-88-42-43-89-35-19-69-61(81)90-48-56-54-10-6-4-8-52(54)53-9-5-7-11-55(53)56/h4-11,56H,12-48H2,1-3H3,(H,62,74)(H,63,75)(H,64,76)(H,65,77)(H,66,78)(H,67,79)(H,68,80)(H,69,81). The van der Waals surface area contributed by atoms with Gasteiger partial charge in [0.05, 0.1) is 132 Å². The molecule has 29 heteroatoms. The molecule has 1 heterocycles. The number of benzene rings is 2. The van der Waals surface area contributed by atoms with Crippen LogP contribution in [-0.4, -0.2) is 310 Å². The van der Waals surface area contributed by atoms with Crippen molar-refractivity contribution in [2.45, 2.75) is 26.7 Å². The Morgan fingerprint density at radius 2 is 0.567 bits per heavy atom. The predicted octanol–water partition coefficient (Wildman–Crippen LogP) is -2.25. The monoisotopic (exact) mass is 1270 g/mol. The van der Waals surface area contributed by atoms with Crippen molar-refractivity contribution in [2.75, 3.05) is 243 Å². The summed E-state index contributed by atoms with van der Waals surface area (Å²) in [7, 11) is 0. The number of hydrogen-bond acceptors (Lipinski definition) is 21. The Bertz CT molecular complexity index is 2290. The lowest BCUT2D eigenvalue weighted by atomic mass is 9.98. The average Bonchev–Trinajstić information content (AvgIpc) is 1.67. The first-order valence-electron chi connectivity index (χ1n) is 31.2. The van der Waals surface area contributed by atoms with Gasteiger partial charge in [-0.2, -0.15) is 0 Å². The van der Waals surface area contributed by atoms with Gasteiger partial charge in [-0.25, -0.2) is 4.79 Å². The number of carbonyl (C=O) groups is 8. The van der Waals surface area contributed by atoms with Gasteiger partial charge in [-0.15, -0.1) is 0 Å². The normalized spacial score (nSPS) is 14.3. The third-order valence-corrected chi connectivity index (χ3v) is 13.9. The fourth-order valence-electron chi connectivity index (χ4n) is 9.36. The largest absolute Gasteiger partial charge is 0.449 e. The molecule has 0 spiro atoms. The van der Waals surface area contributed by atoms with E-state index >= 15 is 0 Å². The molecule has 4 rings (SSSR count). The van der Waals surface area contributed by atoms with Crippen molar-refractivity contribution in [3.63, 3.8) is 0 Å². The molecule has 1 fully saturated rings. The van der Waals surface area contributed by atoms with E-state index in [1.807, 2.05) is 43.9 Å². The average molecular weight is 1270 g/mol. The van der Waals surface area contributed by atoms with Gasteiger partial charge in [0.2, 0.25) is 41.4 Å². The van der Waals surface area contributed by atoms with Gasteiger partial charge in [0.1, 0.15) is 6.61 Å². The van der Waals surface area contributed by atoms with Crippen LogP contribution in [0.2, 0.25) is 0 Å². The van der Waals surface area contributed by atoms with Crippen LogP contribution in [0.4, 0.5) is 4.79 Å². The number of alkyl carbamates (subject to hydrolysis) is 1. The maximum absolute atomic E-state index is 13.5. The molecule has 0 bridgehead atoms. The number of nitrogens with one attached hydrogen (secondary N) is 8. The van der Waals surface area contributed by atoms with Gasteiger partial charge in [0.25, 0.3) is 0 Å². The van der Waals surface area contributed by atoms with Crippen molar-refractivity contribution in [2.24, 2.45) is 0 Å². The highest BCUT2D eigenvalue weighted by molar-refractivity contribution is 5.81. The minimum Gasteiger partial charge on any atom is -0.449 e. The van der Waals surface area contributed by atoms with E-state index in [9.17, 15) is 38.4 Å². The summed E-state index contributed by atoms with van der Waals surface area (Å²) < 4.78 is 50.2. The van der Waals surface area contributed by atoms with Crippen LogP contribution in [0.3, 0.4) is 0 Å². The number of nitrogens with zero attached hydrogens (tertiary/aromatic N) is 4. The molecule has 8 amide bonds. The summed E-state index contributed by atoms with van der Waals surface area (Å²) in [6.45, 7) is 15.2. The lowest BCUT2D eigenvalue weighted by molar-refractivity contribution is -0.125. The number of fused-ring (bicyclic) bond motifs is 3. The van der Waals surface area contributed by atoms with Gasteiger partial charge in [0, 0.05) is 131 Å². The first-order chi connectivity index (χ1) is 43.8. The molecule has 0 atom stereocenters. The molecule has 1 aliphatic heterocycles. The van der Waals surface area contributed by atoms with Crippen LogP contribution >= 0.6 is 0 Å². The van der Waals surface area contributed by atoms with Crippen LogP contribution in [0, 0.1) is 0 Å². The van der Waals surface area contributed by atoms with Crippen LogP contribution in [0.25, 0.3) is 11.1 Å². The van der Waals surface area contributed by atoms with Gasteiger partial charge in [0.15, 0.2) is 0 Å². The molecule has 2 aromatic carbocycles. The summed E-state index contributed by atoms with van der Waals surface area (Å²) in [5, 5.41) is 22.4. The second-order valence-electron chi connectivity index (χ2n) is 21.1. The fraction of sp³-hybridized carbons (Fsp3) is 0.672. The van der Waals surface area contributed by atoms with Crippen LogP contribution in [0.5, 0.6) is 0 Å². The first-order valence-corrected chi connectivity index (χ1v) is 31.2. The van der Waals surface area contributed by atoms with E-state index in [1.165, 1.54) is 20.8 Å². The number of carbonyl (C=O) groups excluding carboxylic acids is 8. The van der Waals surface area contributed by atoms with E-state index < -0.39 is 6.09 Å². The quantitative estimate of drug-likeness (QED) is 0.0325. The number of amides is 8. The summed E-state index contributed by atoms with van der Waals surface area (Å²) >= 11 is 0. The molecule has 8 N–H and O–H groups in total. The van der Waals surface area contributed by atoms with Crippen LogP contribution in [0.1, 0.15) is 37.8 Å². The van der Waals surface area contributed by atoms with Crippen LogP contribution in [-0.2, 0) is 76.2 Å². The van der Waals surface area contributed by atoms with Crippen molar-refractivity contribution in [1.29, 1.82) is 0 Å². The second-order valence-corrected chi connectivity index (χ2v) is 21.1. The highest BCUT2D eigenvalue weighted by atomic mass is 16.6. The maximum Gasteiger partial charge on any atom is 0.407 e. The molecule has 0 saturated carbocycles. The van der Waals surface area contributed by atoms with Crippen LogP contribution in [0.15, 0.2) is 48.5 Å². The molecule has 1 saturated heterocycles. The molecule has 0 unspecified atom stereocenters. The van der Waals surface area contributed by atoms with Crippen molar-refractivity contribution < 1.29 is 81.0 Å². The van der Waals surface area contributed by atoms with E-state index in [0.29, 0.717) is 131 Å². The van der Waals surface area contributed by atoms with E-state index in [0.717, 1.165) is 22.3 Å². The van der Waals surface area contributed by atoms with Gasteiger partial charge >= 0.3 is 6.09 Å². The Morgan fingerprint density at radius 1 is 0.333 bits per heavy atom. The Kier molecular flexibility index (Phi) is 40.8. The number of rotatable bonds is 46. The Labute approximate surface area is 529 Å². The summed E-state index contributed by atoms with van der Waals surface area (Å²) in [5.74, 6) is -1.35. The third-order valence-electron chi connectivity index (χ3n) is 13.9. The molecular formula is C61H100N12O17. The van der Waals surface area contributed by atoms with E-state index in [1.54, 1.807) is 0 Å². The van der Waals surface area contributed by atoms with Gasteiger partial charge in [-0.05, 0) is 22.3 Å². The summed E-state index contributed by atoms with van der Waals surface area (Å²) in [6.07, 6.45) is -0.522. The van der Waals surface area contributed by atoms with Crippen molar-refractivity contribution in [3.8, 4) is 11.1 Å². The Hall–Kier alpha value is -6.48.